The third-order valence-corrected chi connectivity index (χ3v) is 6.69. The maximum Gasteiger partial charge on any atom is 0.241 e. The second-order valence-corrected chi connectivity index (χ2v) is 9.61. The molecule has 9 heteroatoms. The first kappa shape index (κ1) is 22.9. The van der Waals surface area contributed by atoms with Gasteiger partial charge in [0, 0.05) is 25.7 Å². The van der Waals surface area contributed by atoms with Gasteiger partial charge in [-0.15, -0.1) is 0 Å². The Kier molecular flexibility index (Phi) is 6.76. The van der Waals surface area contributed by atoms with Gasteiger partial charge in [0.2, 0.25) is 21.8 Å². The summed E-state index contributed by atoms with van der Waals surface area (Å²) in [5, 5.41) is 2.70. The summed E-state index contributed by atoms with van der Waals surface area (Å²) in [4.78, 5) is 26.0. The first-order chi connectivity index (χ1) is 14.6. The number of nitrogens with one attached hydrogen (secondary N) is 2. The number of rotatable bonds is 7. The lowest BCUT2D eigenvalue weighted by atomic mass is 10.0. The lowest BCUT2D eigenvalue weighted by molar-refractivity contribution is -0.123. The Labute approximate surface area is 181 Å². The highest BCUT2D eigenvalue weighted by Gasteiger charge is 2.30. The van der Waals surface area contributed by atoms with Crippen LogP contribution in [0.1, 0.15) is 31.9 Å². The summed E-state index contributed by atoms with van der Waals surface area (Å²) in [6, 6.07) is 9.34. The summed E-state index contributed by atoms with van der Waals surface area (Å²) >= 11 is 0. The summed E-state index contributed by atoms with van der Waals surface area (Å²) in [6.45, 7) is 5.64. The number of halogens is 1. The molecule has 1 atom stereocenters. The topological polar surface area (TPSA) is 95.6 Å². The Bertz CT molecular complexity index is 1080. The predicted octanol–water partition coefficient (Wildman–Crippen LogP) is 2.35. The van der Waals surface area contributed by atoms with Crippen LogP contribution in [0.15, 0.2) is 47.4 Å². The molecule has 2 N–H and O–H groups in total. The second kappa shape index (κ2) is 9.15. The van der Waals surface area contributed by atoms with Crippen LogP contribution in [0.3, 0.4) is 0 Å². The molecule has 2 aromatic rings. The minimum atomic E-state index is -3.96. The van der Waals surface area contributed by atoms with E-state index in [-0.39, 0.29) is 29.1 Å². The van der Waals surface area contributed by atoms with Gasteiger partial charge in [-0.1, -0.05) is 26.0 Å². The largest absolute Gasteiger partial charge is 0.351 e. The van der Waals surface area contributed by atoms with Crippen molar-refractivity contribution >= 4 is 27.5 Å². The smallest absolute Gasteiger partial charge is 0.241 e. The monoisotopic (exact) mass is 447 g/mol. The summed E-state index contributed by atoms with van der Waals surface area (Å²) < 4.78 is 41.5. The van der Waals surface area contributed by atoms with Gasteiger partial charge in [0.25, 0.3) is 0 Å². The zero-order valence-corrected chi connectivity index (χ0v) is 18.5. The molecule has 0 radical (unpaired) electrons. The standard InChI is InChI=1S/C22H26FN3O4S/c1-14(2)21(22(28)24-13-16-4-6-18(23)7-5-16)25-31(29,30)19-8-9-20-17(12-19)10-11-26(20)15(3)27/h4-9,12,14,21,25H,10-11,13H2,1-3H3,(H,24,28)/t21-/m0/s1. The zero-order valence-electron chi connectivity index (χ0n) is 17.7. The summed E-state index contributed by atoms with van der Waals surface area (Å²) in [5.41, 5.74) is 2.19. The molecule has 1 heterocycles. The van der Waals surface area contributed by atoms with Crippen molar-refractivity contribution < 1.29 is 22.4 Å². The fourth-order valence-corrected chi connectivity index (χ4v) is 4.90. The predicted molar refractivity (Wildman–Crippen MR) is 115 cm³/mol. The molecule has 31 heavy (non-hydrogen) atoms. The quantitative estimate of drug-likeness (QED) is 0.681. The summed E-state index contributed by atoms with van der Waals surface area (Å²) in [5.74, 6) is -1.23. The van der Waals surface area contributed by atoms with Gasteiger partial charge in [-0.25, -0.2) is 12.8 Å². The van der Waals surface area contributed by atoms with Gasteiger partial charge < -0.3 is 10.2 Å². The SMILES string of the molecule is CC(=O)N1CCc2cc(S(=O)(=O)N[C@H](C(=O)NCc3ccc(F)cc3)C(C)C)ccc21. The molecule has 0 aromatic heterocycles. The van der Waals surface area contributed by atoms with E-state index in [1.54, 1.807) is 43.0 Å². The fourth-order valence-electron chi connectivity index (χ4n) is 3.50. The molecule has 2 aromatic carbocycles. The van der Waals surface area contributed by atoms with Crippen LogP contribution >= 0.6 is 0 Å². The maximum atomic E-state index is 13.0. The van der Waals surface area contributed by atoms with Crippen LogP contribution in [0.2, 0.25) is 0 Å². The van der Waals surface area contributed by atoms with E-state index in [4.69, 9.17) is 0 Å². The fraction of sp³-hybridized carbons (Fsp3) is 0.364. The number of carbonyl (C=O) groups is 2. The van der Waals surface area contributed by atoms with Crippen LogP contribution in [0.4, 0.5) is 10.1 Å². The van der Waals surface area contributed by atoms with E-state index in [0.717, 1.165) is 5.56 Å². The van der Waals surface area contributed by atoms with Crippen molar-refractivity contribution in [1.29, 1.82) is 0 Å². The van der Waals surface area contributed by atoms with Crippen LogP contribution < -0.4 is 14.9 Å². The summed E-state index contributed by atoms with van der Waals surface area (Å²) in [6.07, 6.45) is 0.573. The third-order valence-electron chi connectivity index (χ3n) is 5.25. The van der Waals surface area contributed by atoms with Crippen molar-refractivity contribution in [2.75, 3.05) is 11.4 Å². The van der Waals surface area contributed by atoms with Crippen molar-refractivity contribution in [3.05, 3.63) is 59.4 Å². The van der Waals surface area contributed by atoms with Crippen molar-refractivity contribution in [3.63, 3.8) is 0 Å². The van der Waals surface area contributed by atoms with E-state index in [1.807, 2.05) is 0 Å². The minimum absolute atomic E-state index is 0.0497. The molecular formula is C22H26FN3O4S. The maximum absolute atomic E-state index is 13.0. The van der Waals surface area contributed by atoms with E-state index < -0.39 is 22.0 Å². The molecule has 0 aliphatic carbocycles. The second-order valence-electron chi connectivity index (χ2n) is 7.90. The highest BCUT2D eigenvalue weighted by atomic mass is 32.2. The molecule has 7 nitrogen and oxygen atoms in total. The summed E-state index contributed by atoms with van der Waals surface area (Å²) in [7, 11) is -3.96. The van der Waals surface area contributed by atoms with Gasteiger partial charge in [0.1, 0.15) is 11.9 Å². The van der Waals surface area contributed by atoms with Gasteiger partial charge >= 0.3 is 0 Å². The van der Waals surface area contributed by atoms with Gasteiger partial charge in [0.15, 0.2) is 0 Å². The molecule has 0 unspecified atom stereocenters. The Morgan fingerprint density at radius 2 is 1.81 bits per heavy atom. The Morgan fingerprint density at radius 3 is 2.42 bits per heavy atom. The minimum Gasteiger partial charge on any atom is -0.351 e. The van der Waals surface area contributed by atoms with Crippen molar-refractivity contribution in [3.8, 4) is 0 Å². The highest BCUT2D eigenvalue weighted by molar-refractivity contribution is 7.89. The number of amides is 2. The molecule has 2 amide bonds. The van der Waals surface area contributed by atoms with E-state index in [9.17, 15) is 22.4 Å². The first-order valence-corrected chi connectivity index (χ1v) is 11.5. The van der Waals surface area contributed by atoms with E-state index in [1.165, 1.54) is 25.1 Å². The number of carbonyl (C=O) groups excluding carboxylic acids is 2. The first-order valence-electron chi connectivity index (χ1n) is 10.0. The average molecular weight is 448 g/mol. The lowest BCUT2D eigenvalue weighted by Crippen LogP contribution is -2.49. The van der Waals surface area contributed by atoms with E-state index >= 15 is 0 Å². The average Bonchev–Trinajstić information content (AvgIpc) is 3.15. The molecule has 3 rings (SSSR count). The van der Waals surface area contributed by atoms with E-state index in [0.29, 0.717) is 24.2 Å². The normalized spacial score (nSPS) is 14.4. The number of benzene rings is 2. The molecule has 166 valence electrons. The molecule has 0 bridgehead atoms. The lowest BCUT2D eigenvalue weighted by Gasteiger charge is -2.22. The van der Waals surface area contributed by atoms with Gasteiger partial charge in [-0.05, 0) is 53.8 Å². The number of fused-ring (bicyclic) bond motifs is 1. The molecule has 1 aliphatic heterocycles. The molecule has 0 saturated heterocycles. The molecular weight excluding hydrogens is 421 g/mol. The van der Waals surface area contributed by atoms with Crippen LogP contribution in [-0.2, 0) is 32.6 Å². The number of anilines is 1. The zero-order chi connectivity index (χ0) is 22.8. The van der Waals surface area contributed by atoms with Crippen LogP contribution in [0.5, 0.6) is 0 Å². The number of nitrogens with zero attached hydrogens (tertiary/aromatic N) is 1. The number of hydrogen-bond acceptors (Lipinski definition) is 4. The van der Waals surface area contributed by atoms with Gasteiger partial charge in [-0.2, -0.15) is 4.72 Å². The van der Waals surface area contributed by atoms with Gasteiger partial charge in [0.05, 0.1) is 4.90 Å². The third kappa shape index (κ3) is 5.29. The Morgan fingerprint density at radius 1 is 1.13 bits per heavy atom. The van der Waals surface area contributed by atoms with Crippen LogP contribution in [0.25, 0.3) is 0 Å². The van der Waals surface area contributed by atoms with Crippen molar-refractivity contribution in [2.24, 2.45) is 5.92 Å². The van der Waals surface area contributed by atoms with Gasteiger partial charge in [-0.3, -0.25) is 9.59 Å². The number of hydrogen-bond donors (Lipinski definition) is 2. The van der Waals surface area contributed by atoms with Crippen LogP contribution in [0, 0.1) is 11.7 Å². The highest BCUT2D eigenvalue weighted by Crippen LogP contribution is 2.30. The number of sulfonamides is 1. The molecule has 0 spiro atoms. The van der Waals surface area contributed by atoms with E-state index in [2.05, 4.69) is 10.0 Å². The molecule has 1 aliphatic rings. The Hall–Kier alpha value is -2.78. The van der Waals surface area contributed by atoms with Crippen molar-refractivity contribution in [1.82, 2.24) is 10.0 Å². The Balaban J connectivity index is 1.73. The van der Waals surface area contributed by atoms with Crippen molar-refractivity contribution in [2.45, 2.75) is 44.7 Å². The molecule has 0 saturated carbocycles. The molecule has 0 fully saturated rings. The van der Waals surface area contributed by atoms with Crippen LogP contribution in [-0.4, -0.2) is 32.8 Å².